The molecule has 5 aromatic carbocycles. The lowest BCUT2D eigenvalue weighted by Crippen LogP contribution is -2.28. The van der Waals surface area contributed by atoms with Gasteiger partial charge < -0.3 is 4.42 Å². The van der Waals surface area contributed by atoms with Crippen molar-refractivity contribution < 1.29 is 4.42 Å². The second kappa shape index (κ2) is 6.94. The van der Waals surface area contributed by atoms with Crippen LogP contribution in [0.2, 0.25) is 0 Å². The summed E-state index contributed by atoms with van der Waals surface area (Å²) < 4.78 is 7.66. The SMILES string of the molecule is Brc1cccc(C2(c3cccc4c3oc3ccccc34)c3ccccc3-c3ccccc32)c1. The Kier molecular flexibility index (Phi) is 3.97. The van der Waals surface area contributed by atoms with Gasteiger partial charge in [0.1, 0.15) is 11.2 Å². The van der Waals surface area contributed by atoms with E-state index in [4.69, 9.17) is 4.42 Å². The first-order valence-electron chi connectivity index (χ1n) is 11.1. The van der Waals surface area contributed by atoms with Gasteiger partial charge in [-0.3, -0.25) is 0 Å². The van der Waals surface area contributed by atoms with E-state index >= 15 is 0 Å². The Balaban J connectivity index is 1.72. The van der Waals surface area contributed by atoms with Crippen LogP contribution in [0.15, 0.2) is 124 Å². The van der Waals surface area contributed by atoms with Gasteiger partial charge in [0, 0.05) is 20.8 Å². The Hall–Kier alpha value is -3.62. The molecule has 0 fully saturated rings. The summed E-state index contributed by atoms with van der Waals surface area (Å²) in [5.74, 6) is 0. The van der Waals surface area contributed by atoms with Crippen molar-refractivity contribution in [3.05, 3.63) is 142 Å². The Morgan fingerprint density at radius 3 is 1.91 bits per heavy atom. The van der Waals surface area contributed by atoms with Crippen LogP contribution >= 0.6 is 15.9 Å². The van der Waals surface area contributed by atoms with Crippen LogP contribution in [0.5, 0.6) is 0 Å². The molecular formula is C31H19BrO. The zero-order valence-corrected chi connectivity index (χ0v) is 19.3. The van der Waals surface area contributed by atoms with E-state index in [1.165, 1.54) is 33.4 Å². The Labute approximate surface area is 200 Å². The summed E-state index contributed by atoms with van der Waals surface area (Å²) in [5.41, 5.74) is 8.92. The van der Waals surface area contributed by atoms with Gasteiger partial charge in [-0.05, 0) is 46.0 Å². The summed E-state index contributed by atoms with van der Waals surface area (Å²) in [4.78, 5) is 0. The van der Waals surface area contributed by atoms with Crippen LogP contribution in [0.3, 0.4) is 0 Å². The lowest BCUT2D eigenvalue weighted by atomic mass is 9.67. The highest BCUT2D eigenvalue weighted by Gasteiger charge is 2.47. The van der Waals surface area contributed by atoms with Crippen LogP contribution in [0.1, 0.15) is 22.3 Å². The van der Waals surface area contributed by atoms with E-state index in [-0.39, 0.29) is 0 Å². The molecule has 0 spiro atoms. The topological polar surface area (TPSA) is 13.1 Å². The molecular weight excluding hydrogens is 468 g/mol. The molecule has 7 rings (SSSR count). The van der Waals surface area contributed by atoms with Crippen molar-refractivity contribution in [2.24, 2.45) is 0 Å². The predicted molar refractivity (Wildman–Crippen MR) is 139 cm³/mol. The summed E-state index contributed by atoms with van der Waals surface area (Å²) in [6, 6.07) is 41.2. The van der Waals surface area contributed by atoms with Crippen LogP contribution in [0, 0.1) is 0 Å². The van der Waals surface area contributed by atoms with Crippen LogP contribution in [0.4, 0.5) is 0 Å². The van der Waals surface area contributed by atoms with E-state index in [0.717, 1.165) is 26.4 Å². The number of benzene rings is 5. The molecule has 0 amide bonds. The van der Waals surface area contributed by atoms with E-state index in [0.29, 0.717) is 0 Å². The molecule has 6 aromatic rings. The quantitative estimate of drug-likeness (QED) is 0.238. The standard InChI is InChI=1S/C31H19BrO/c32-21-10-7-9-20(19-21)31(26-15-4-1-11-22(26)23-12-2-5-16-27(23)31)28-17-8-14-25-24-13-3-6-18-29(24)33-30(25)28/h1-19H. The van der Waals surface area contributed by atoms with Gasteiger partial charge in [-0.2, -0.15) is 0 Å². The summed E-state index contributed by atoms with van der Waals surface area (Å²) >= 11 is 3.74. The fourth-order valence-electron chi connectivity index (χ4n) is 5.76. The lowest BCUT2D eigenvalue weighted by Gasteiger charge is -2.33. The first kappa shape index (κ1) is 18.9. The van der Waals surface area contributed by atoms with Gasteiger partial charge in [-0.25, -0.2) is 0 Å². The predicted octanol–water partition coefficient (Wildman–Crippen LogP) is 8.71. The van der Waals surface area contributed by atoms with E-state index in [2.05, 4.69) is 125 Å². The third kappa shape index (κ3) is 2.47. The molecule has 0 N–H and O–H groups in total. The van der Waals surface area contributed by atoms with Crippen molar-refractivity contribution in [1.82, 2.24) is 0 Å². The summed E-state index contributed by atoms with van der Waals surface area (Å²) in [5, 5.41) is 2.30. The summed E-state index contributed by atoms with van der Waals surface area (Å²) in [6.45, 7) is 0. The van der Waals surface area contributed by atoms with E-state index in [1.54, 1.807) is 0 Å². The minimum absolute atomic E-state index is 0.482. The molecule has 2 heteroatoms. The molecule has 0 saturated carbocycles. The highest BCUT2D eigenvalue weighted by Crippen LogP contribution is 2.57. The van der Waals surface area contributed by atoms with E-state index < -0.39 is 5.41 Å². The second-order valence-corrected chi connectivity index (χ2v) is 9.55. The van der Waals surface area contributed by atoms with Crippen molar-refractivity contribution in [2.75, 3.05) is 0 Å². The smallest absolute Gasteiger partial charge is 0.140 e. The second-order valence-electron chi connectivity index (χ2n) is 8.63. The number of fused-ring (bicyclic) bond motifs is 6. The monoisotopic (exact) mass is 486 g/mol. The third-order valence-corrected chi connectivity index (χ3v) is 7.51. The van der Waals surface area contributed by atoms with Gasteiger partial charge in [0.25, 0.3) is 0 Å². The van der Waals surface area contributed by atoms with Crippen LogP contribution in [-0.4, -0.2) is 0 Å². The third-order valence-electron chi connectivity index (χ3n) is 7.02. The van der Waals surface area contributed by atoms with Gasteiger partial charge in [0.15, 0.2) is 0 Å². The molecule has 1 heterocycles. The number of para-hydroxylation sites is 2. The van der Waals surface area contributed by atoms with Gasteiger partial charge in [-0.15, -0.1) is 0 Å². The number of furan rings is 1. The van der Waals surface area contributed by atoms with Crippen molar-refractivity contribution in [2.45, 2.75) is 5.41 Å². The maximum atomic E-state index is 6.59. The molecule has 0 bridgehead atoms. The Morgan fingerprint density at radius 2 is 1.15 bits per heavy atom. The largest absolute Gasteiger partial charge is 0.456 e. The van der Waals surface area contributed by atoms with Crippen LogP contribution in [0.25, 0.3) is 33.1 Å². The van der Waals surface area contributed by atoms with Gasteiger partial charge in [0.05, 0.1) is 5.41 Å². The van der Waals surface area contributed by atoms with Crippen molar-refractivity contribution in [1.29, 1.82) is 0 Å². The zero-order valence-electron chi connectivity index (χ0n) is 17.8. The van der Waals surface area contributed by atoms with Gasteiger partial charge in [0.2, 0.25) is 0 Å². The minimum atomic E-state index is -0.482. The fourth-order valence-corrected chi connectivity index (χ4v) is 6.16. The highest BCUT2D eigenvalue weighted by atomic mass is 79.9. The molecule has 33 heavy (non-hydrogen) atoms. The maximum Gasteiger partial charge on any atom is 0.140 e. The summed E-state index contributed by atoms with van der Waals surface area (Å²) in [7, 11) is 0. The molecule has 1 aliphatic carbocycles. The fraction of sp³-hybridized carbons (Fsp3) is 0.0323. The van der Waals surface area contributed by atoms with E-state index in [9.17, 15) is 0 Å². The normalized spacial score (nSPS) is 13.8. The van der Waals surface area contributed by atoms with Crippen LogP contribution < -0.4 is 0 Å². The van der Waals surface area contributed by atoms with E-state index in [1.807, 2.05) is 6.07 Å². The molecule has 1 aliphatic rings. The average molecular weight is 487 g/mol. The number of halogens is 1. The first-order chi connectivity index (χ1) is 16.3. The van der Waals surface area contributed by atoms with Crippen molar-refractivity contribution >= 4 is 37.9 Å². The van der Waals surface area contributed by atoms with Gasteiger partial charge >= 0.3 is 0 Å². The zero-order chi connectivity index (χ0) is 22.0. The van der Waals surface area contributed by atoms with Crippen LogP contribution in [-0.2, 0) is 5.41 Å². The number of hydrogen-bond acceptors (Lipinski definition) is 1. The molecule has 0 radical (unpaired) electrons. The average Bonchev–Trinajstić information content (AvgIpc) is 3.38. The lowest BCUT2D eigenvalue weighted by molar-refractivity contribution is 0.648. The molecule has 156 valence electrons. The molecule has 0 unspecified atom stereocenters. The number of hydrogen-bond donors (Lipinski definition) is 0. The molecule has 0 atom stereocenters. The minimum Gasteiger partial charge on any atom is -0.456 e. The molecule has 1 aromatic heterocycles. The number of rotatable bonds is 2. The van der Waals surface area contributed by atoms with Gasteiger partial charge in [-0.1, -0.05) is 113 Å². The van der Waals surface area contributed by atoms with Crippen molar-refractivity contribution in [3.63, 3.8) is 0 Å². The molecule has 0 saturated heterocycles. The maximum absolute atomic E-state index is 6.59. The Morgan fingerprint density at radius 1 is 0.545 bits per heavy atom. The molecule has 1 nitrogen and oxygen atoms in total. The molecule has 0 aliphatic heterocycles. The highest BCUT2D eigenvalue weighted by molar-refractivity contribution is 9.10. The van der Waals surface area contributed by atoms with Crippen molar-refractivity contribution in [3.8, 4) is 11.1 Å². The Bertz CT molecular complexity index is 1650. The first-order valence-corrected chi connectivity index (χ1v) is 11.9. The summed E-state index contributed by atoms with van der Waals surface area (Å²) in [6.07, 6.45) is 0.